The fourth-order valence-corrected chi connectivity index (χ4v) is 2.51. The molecule has 0 radical (unpaired) electrons. The summed E-state index contributed by atoms with van der Waals surface area (Å²) in [5.74, 6) is 0.758. The van der Waals surface area contributed by atoms with Gasteiger partial charge in [-0.1, -0.05) is 18.2 Å². The zero-order valence-electron chi connectivity index (χ0n) is 14.6. The van der Waals surface area contributed by atoms with Crippen LogP contribution in [-0.4, -0.2) is 12.5 Å². The summed E-state index contributed by atoms with van der Waals surface area (Å²) in [4.78, 5) is 12.4. The monoisotopic (exact) mass is 311 g/mol. The Labute approximate surface area is 138 Å². The fraction of sp³-hybridized carbons (Fsp3) is 0.350. The van der Waals surface area contributed by atoms with E-state index in [1.54, 1.807) is 6.07 Å². The number of benzene rings is 2. The number of hydrogen-bond donors (Lipinski definition) is 1. The molecule has 0 saturated heterocycles. The lowest BCUT2D eigenvalue weighted by Crippen LogP contribution is -2.26. The Balaban J connectivity index is 2.11. The minimum atomic E-state index is -0.0677. The van der Waals surface area contributed by atoms with Gasteiger partial charge in [-0.2, -0.15) is 0 Å². The number of carbonyl (C=O) groups excluding carboxylic acids is 1. The first-order valence-electron chi connectivity index (χ1n) is 8.03. The van der Waals surface area contributed by atoms with Crippen molar-refractivity contribution in [2.75, 3.05) is 6.61 Å². The molecule has 1 N–H and O–H groups in total. The van der Waals surface area contributed by atoms with E-state index in [9.17, 15) is 4.79 Å². The minimum absolute atomic E-state index is 0.0336. The van der Waals surface area contributed by atoms with Gasteiger partial charge in [-0.05, 0) is 75.1 Å². The maximum absolute atomic E-state index is 12.4. The minimum Gasteiger partial charge on any atom is -0.494 e. The molecular formula is C20H25NO2. The highest BCUT2D eigenvalue weighted by Crippen LogP contribution is 2.21. The Hall–Kier alpha value is -2.29. The van der Waals surface area contributed by atoms with Gasteiger partial charge in [0.05, 0.1) is 12.6 Å². The molecule has 3 nitrogen and oxygen atoms in total. The summed E-state index contributed by atoms with van der Waals surface area (Å²) in [5.41, 5.74) is 5.24. The lowest BCUT2D eigenvalue weighted by atomic mass is 10.0. The molecule has 0 spiro atoms. The molecule has 122 valence electrons. The maximum atomic E-state index is 12.4. The van der Waals surface area contributed by atoms with Crippen LogP contribution in [0.4, 0.5) is 0 Å². The summed E-state index contributed by atoms with van der Waals surface area (Å²) >= 11 is 0. The standard InChI is InChI=1S/C20H25NO2/c1-6-23-19-10-9-18(12-15(19)4)20(22)21-16(5)17-8-7-13(2)14(3)11-17/h7-12,16H,6H2,1-5H3,(H,21,22)/t16-/m1/s1. The summed E-state index contributed by atoms with van der Waals surface area (Å²) in [7, 11) is 0. The first-order chi connectivity index (χ1) is 10.9. The van der Waals surface area contributed by atoms with E-state index < -0.39 is 0 Å². The Bertz CT molecular complexity index is 707. The maximum Gasteiger partial charge on any atom is 0.251 e. The van der Waals surface area contributed by atoms with Gasteiger partial charge in [0.25, 0.3) is 5.91 Å². The van der Waals surface area contributed by atoms with Crippen molar-refractivity contribution in [1.29, 1.82) is 0 Å². The van der Waals surface area contributed by atoms with E-state index >= 15 is 0 Å². The van der Waals surface area contributed by atoms with Crippen LogP contribution in [0.5, 0.6) is 5.75 Å². The zero-order valence-corrected chi connectivity index (χ0v) is 14.6. The third kappa shape index (κ3) is 4.13. The van der Waals surface area contributed by atoms with Crippen LogP contribution in [0.15, 0.2) is 36.4 Å². The number of nitrogens with one attached hydrogen (secondary N) is 1. The van der Waals surface area contributed by atoms with Crippen molar-refractivity contribution in [3.05, 3.63) is 64.2 Å². The predicted molar refractivity (Wildman–Crippen MR) is 94.1 cm³/mol. The molecule has 0 saturated carbocycles. The highest BCUT2D eigenvalue weighted by Gasteiger charge is 2.13. The first kappa shape index (κ1) is 17.1. The molecule has 0 aromatic heterocycles. The van der Waals surface area contributed by atoms with Crippen LogP contribution in [-0.2, 0) is 0 Å². The molecule has 0 bridgehead atoms. The SMILES string of the molecule is CCOc1ccc(C(=O)N[C@H](C)c2ccc(C)c(C)c2)cc1C. The Morgan fingerprint density at radius 1 is 1.04 bits per heavy atom. The number of amides is 1. The normalized spacial score (nSPS) is 11.9. The van der Waals surface area contributed by atoms with Crippen molar-refractivity contribution < 1.29 is 9.53 Å². The van der Waals surface area contributed by atoms with Crippen molar-refractivity contribution in [3.8, 4) is 5.75 Å². The zero-order chi connectivity index (χ0) is 17.0. The number of ether oxygens (including phenoxy) is 1. The molecule has 2 rings (SSSR count). The second kappa shape index (κ2) is 7.32. The van der Waals surface area contributed by atoms with Crippen molar-refractivity contribution in [1.82, 2.24) is 5.32 Å². The van der Waals surface area contributed by atoms with Gasteiger partial charge in [-0.25, -0.2) is 0 Å². The molecular weight excluding hydrogens is 286 g/mol. The molecule has 1 amide bonds. The van der Waals surface area contributed by atoms with E-state index in [0.29, 0.717) is 12.2 Å². The van der Waals surface area contributed by atoms with Gasteiger partial charge in [0, 0.05) is 5.56 Å². The molecule has 0 aliphatic heterocycles. The van der Waals surface area contributed by atoms with Crippen LogP contribution in [0.2, 0.25) is 0 Å². The summed E-state index contributed by atoms with van der Waals surface area (Å²) in [5, 5.41) is 3.06. The summed E-state index contributed by atoms with van der Waals surface area (Å²) in [6.07, 6.45) is 0. The van der Waals surface area contributed by atoms with Gasteiger partial charge in [0.2, 0.25) is 0 Å². The van der Waals surface area contributed by atoms with Crippen molar-refractivity contribution in [2.24, 2.45) is 0 Å². The molecule has 1 atom stereocenters. The highest BCUT2D eigenvalue weighted by molar-refractivity contribution is 5.94. The number of hydrogen-bond acceptors (Lipinski definition) is 2. The molecule has 0 aliphatic rings. The molecule has 0 aliphatic carbocycles. The van der Waals surface area contributed by atoms with Gasteiger partial charge in [0.1, 0.15) is 5.75 Å². The second-order valence-electron chi connectivity index (χ2n) is 5.95. The molecule has 23 heavy (non-hydrogen) atoms. The predicted octanol–water partition coefficient (Wildman–Crippen LogP) is 4.50. The number of aryl methyl sites for hydroxylation is 3. The number of carbonyl (C=O) groups is 1. The fourth-order valence-electron chi connectivity index (χ4n) is 2.51. The molecule has 2 aromatic carbocycles. The smallest absolute Gasteiger partial charge is 0.251 e. The van der Waals surface area contributed by atoms with Crippen molar-refractivity contribution >= 4 is 5.91 Å². The summed E-state index contributed by atoms with van der Waals surface area (Å²) < 4.78 is 5.51. The van der Waals surface area contributed by atoms with Crippen LogP contribution in [0.3, 0.4) is 0 Å². The lowest BCUT2D eigenvalue weighted by molar-refractivity contribution is 0.0939. The summed E-state index contributed by atoms with van der Waals surface area (Å²) in [6, 6.07) is 11.8. The van der Waals surface area contributed by atoms with Crippen molar-refractivity contribution in [2.45, 2.75) is 40.7 Å². The summed E-state index contributed by atoms with van der Waals surface area (Å²) in [6.45, 7) is 10.7. The Morgan fingerprint density at radius 2 is 1.78 bits per heavy atom. The van der Waals surface area contributed by atoms with Gasteiger partial charge >= 0.3 is 0 Å². The van der Waals surface area contributed by atoms with Gasteiger partial charge in [-0.3, -0.25) is 4.79 Å². The van der Waals surface area contributed by atoms with E-state index in [0.717, 1.165) is 16.9 Å². The van der Waals surface area contributed by atoms with E-state index in [-0.39, 0.29) is 11.9 Å². The van der Waals surface area contributed by atoms with Crippen LogP contribution >= 0.6 is 0 Å². The van der Waals surface area contributed by atoms with Gasteiger partial charge in [-0.15, -0.1) is 0 Å². The quantitative estimate of drug-likeness (QED) is 0.883. The first-order valence-corrected chi connectivity index (χ1v) is 8.03. The topological polar surface area (TPSA) is 38.3 Å². The van der Waals surface area contributed by atoms with E-state index in [1.807, 2.05) is 32.9 Å². The Kier molecular flexibility index (Phi) is 5.43. The second-order valence-corrected chi connectivity index (χ2v) is 5.95. The van der Waals surface area contributed by atoms with Crippen LogP contribution in [0, 0.1) is 20.8 Å². The van der Waals surface area contributed by atoms with E-state index in [4.69, 9.17) is 4.74 Å². The average Bonchev–Trinajstić information content (AvgIpc) is 2.52. The van der Waals surface area contributed by atoms with Crippen molar-refractivity contribution in [3.63, 3.8) is 0 Å². The van der Waals surface area contributed by atoms with Gasteiger partial charge < -0.3 is 10.1 Å². The van der Waals surface area contributed by atoms with Crippen LogP contribution < -0.4 is 10.1 Å². The third-order valence-electron chi connectivity index (χ3n) is 4.12. The average molecular weight is 311 g/mol. The highest BCUT2D eigenvalue weighted by atomic mass is 16.5. The lowest BCUT2D eigenvalue weighted by Gasteiger charge is -2.16. The van der Waals surface area contributed by atoms with E-state index in [2.05, 4.69) is 37.4 Å². The van der Waals surface area contributed by atoms with Crippen LogP contribution in [0.25, 0.3) is 0 Å². The third-order valence-corrected chi connectivity index (χ3v) is 4.12. The molecule has 0 fully saturated rings. The molecule has 3 heteroatoms. The van der Waals surface area contributed by atoms with Crippen LogP contribution in [0.1, 0.15) is 52.5 Å². The van der Waals surface area contributed by atoms with E-state index in [1.165, 1.54) is 11.1 Å². The Morgan fingerprint density at radius 3 is 2.39 bits per heavy atom. The molecule has 2 aromatic rings. The molecule has 0 heterocycles. The molecule has 0 unspecified atom stereocenters. The number of rotatable bonds is 5. The van der Waals surface area contributed by atoms with Gasteiger partial charge in [0.15, 0.2) is 0 Å². The largest absolute Gasteiger partial charge is 0.494 e.